The summed E-state index contributed by atoms with van der Waals surface area (Å²) >= 11 is 2.88. The summed E-state index contributed by atoms with van der Waals surface area (Å²) in [5, 5.41) is 0.675. The number of aryl methyl sites for hydroxylation is 2. The van der Waals surface area contributed by atoms with Crippen LogP contribution in [0.1, 0.15) is 24.5 Å². The number of halogens is 1. The molecule has 0 bridgehead atoms. The van der Waals surface area contributed by atoms with Crippen LogP contribution in [-0.4, -0.2) is 31.6 Å². The number of hydrogen-bond donors (Lipinski definition) is 0. The summed E-state index contributed by atoms with van der Waals surface area (Å²) < 4.78 is 42.9. The van der Waals surface area contributed by atoms with E-state index in [2.05, 4.69) is 6.07 Å². The van der Waals surface area contributed by atoms with E-state index in [0.29, 0.717) is 34.0 Å². The minimum absolute atomic E-state index is 0.321. The molecule has 150 valence electrons. The SMILES string of the molecule is CCCN(CCSc1cccc(C)c1)S(=O)(=O)c1sc2ccc(F)cc2c1C. The molecular weight excluding hydrogens is 413 g/mol. The summed E-state index contributed by atoms with van der Waals surface area (Å²) in [6.45, 7) is 6.70. The van der Waals surface area contributed by atoms with E-state index in [9.17, 15) is 12.8 Å². The molecule has 0 spiro atoms. The van der Waals surface area contributed by atoms with Gasteiger partial charge in [-0.3, -0.25) is 0 Å². The van der Waals surface area contributed by atoms with Gasteiger partial charge in [0.1, 0.15) is 10.0 Å². The first-order valence-electron chi connectivity index (χ1n) is 9.21. The second kappa shape index (κ2) is 8.95. The van der Waals surface area contributed by atoms with Crippen molar-refractivity contribution < 1.29 is 12.8 Å². The second-order valence-electron chi connectivity index (χ2n) is 6.72. The number of rotatable bonds is 8. The molecule has 3 aromatic rings. The van der Waals surface area contributed by atoms with Crippen molar-refractivity contribution in [3.05, 3.63) is 59.4 Å². The Morgan fingerprint density at radius 3 is 2.61 bits per heavy atom. The summed E-state index contributed by atoms with van der Waals surface area (Å²) in [6.07, 6.45) is 0.743. The molecule has 1 aromatic heterocycles. The van der Waals surface area contributed by atoms with Gasteiger partial charge in [0.2, 0.25) is 0 Å². The lowest BCUT2D eigenvalue weighted by Crippen LogP contribution is -2.33. The van der Waals surface area contributed by atoms with Crippen LogP contribution in [0.15, 0.2) is 51.6 Å². The lowest BCUT2D eigenvalue weighted by molar-refractivity contribution is 0.430. The number of sulfonamides is 1. The molecule has 1 heterocycles. The van der Waals surface area contributed by atoms with E-state index in [1.807, 2.05) is 32.0 Å². The summed E-state index contributed by atoms with van der Waals surface area (Å²) in [5.41, 5.74) is 1.82. The summed E-state index contributed by atoms with van der Waals surface area (Å²) in [7, 11) is -3.62. The molecule has 28 heavy (non-hydrogen) atoms. The average molecular weight is 438 g/mol. The Hall–Kier alpha value is -1.41. The zero-order valence-electron chi connectivity index (χ0n) is 16.2. The first-order valence-corrected chi connectivity index (χ1v) is 12.5. The third-order valence-corrected chi connectivity index (χ3v) is 9.24. The minimum Gasteiger partial charge on any atom is -0.207 e. The van der Waals surface area contributed by atoms with Gasteiger partial charge >= 0.3 is 0 Å². The highest BCUT2D eigenvalue weighted by atomic mass is 32.2. The highest BCUT2D eigenvalue weighted by Gasteiger charge is 2.28. The molecule has 0 aliphatic heterocycles. The zero-order chi connectivity index (χ0) is 20.3. The fourth-order valence-electron chi connectivity index (χ4n) is 3.11. The van der Waals surface area contributed by atoms with Crippen LogP contribution < -0.4 is 0 Å². The predicted octanol–water partition coefficient (Wildman–Crippen LogP) is 5.85. The van der Waals surface area contributed by atoms with Crippen molar-refractivity contribution in [2.75, 3.05) is 18.8 Å². The summed E-state index contributed by atoms with van der Waals surface area (Å²) in [6, 6.07) is 12.6. The van der Waals surface area contributed by atoms with Gasteiger partial charge in [0, 0.05) is 28.4 Å². The van der Waals surface area contributed by atoms with Crippen molar-refractivity contribution >= 4 is 43.2 Å². The van der Waals surface area contributed by atoms with Gasteiger partial charge in [-0.25, -0.2) is 12.8 Å². The van der Waals surface area contributed by atoms with Crippen molar-refractivity contribution in [2.45, 2.75) is 36.3 Å². The Morgan fingerprint density at radius 2 is 1.89 bits per heavy atom. The molecule has 0 radical (unpaired) electrons. The smallest absolute Gasteiger partial charge is 0.207 e. The van der Waals surface area contributed by atoms with E-state index in [-0.39, 0.29) is 5.82 Å². The molecule has 0 saturated carbocycles. The molecule has 3 nitrogen and oxygen atoms in total. The molecule has 0 saturated heterocycles. The van der Waals surface area contributed by atoms with Gasteiger partial charge in [-0.15, -0.1) is 23.1 Å². The number of hydrogen-bond acceptors (Lipinski definition) is 4. The third-order valence-electron chi connectivity index (χ3n) is 4.50. The fourth-order valence-corrected chi connectivity index (χ4v) is 7.63. The first kappa shape index (κ1) is 21.3. The van der Waals surface area contributed by atoms with Gasteiger partial charge < -0.3 is 0 Å². The van der Waals surface area contributed by atoms with Crippen LogP contribution in [-0.2, 0) is 10.0 Å². The van der Waals surface area contributed by atoms with E-state index in [1.54, 1.807) is 29.1 Å². The summed E-state index contributed by atoms with van der Waals surface area (Å²) in [5.74, 6) is 0.332. The van der Waals surface area contributed by atoms with Gasteiger partial charge in [0.25, 0.3) is 10.0 Å². The van der Waals surface area contributed by atoms with Crippen LogP contribution in [0.25, 0.3) is 10.1 Å². The maximum Gasteiger partial charge on any atom is 0.252 e. The lowest BCUT2D eigenvalue weighted by Gasteiger charge is -2.21. The molecule has 0 aliphatic carbocycles. The first-order chi connectivity index (χ1) is 13.3. The molecular formula is C21H24FNO2S3. The van der Waals surface area contributed by atoms with Crippen LogP contribution in [0.2, 0.25) is 0 Å². The predicted molar refractivity (Wildman–Crippen MR) is 117 cm³/mol. The van der Waals surface area contributed by atoms with Crippen LogP contribution >= 0.6 is 23.1 Å². The van der Waals surface area contributed by atoms with E-state index >= 15 is 0 Å². The van der Waals surface area contributed by atoms with Crippen molar-refractivity contribution in [1.82, 2.24) is 4.31 Å². The normalized spacial score (nSPS) is 12.2. The van der Waals surface area contributed by atoms with E-state index in [4.69, 9.17) is 0 Å². The van der Waals surface area contributed by atoms with Gasteiger partial charge in [0.05, 0.1) is 0 Å². The van der Waals surface area contributed by atoms with Gasteiger partial charge in [-0.2, -0.15) is 4.31 Å². The molecule has 0 unspecified atom stereocenters. The van der Waals surface area contributed by atoms with Gasteiger partial charge in [-0.1, -0.05) is 24.6 Å². The Bertz CT molecular complexity index is 1080. The number of benzene rings is 2. The number of nitrogens with zero attached hydrogens (tertiary/aromatic N) is 1. The number of thiophene rings is 1. The molecule has 2 aromatic carbocycles. The zero-order valence-corrected chi connectivity index (χ0v) is 18.7. The van der Waals surface area contributed by atoms with Crippen LogP contribution in [0, 0.1) is 19.7 Å². The third kappa shape index (κ3) is 4.59. The topological polar surface area (TPSA) is 37.4 Å². The highest BCUT2D eigenvalue weighted by Crippen LogP contribution is 2.36. The molecule has 0 aliphatic rings. The Balaban J connectivity index is 1.83. The second-order valence-corrected chi connectivity index (χ2v) is 11.1. The van der Waals surface area contributed by atoms with Crippen molar-refractivity contribution in [3.63, 3.8) is 0 Å². The van der Waals surface area contributed by atoms with Crippen molar-refractivity contribution in [1.29, 1.82) is 0 Å². The molecule has 0 amide bonds. The van der Waals surface area contributed by atoms with Gasteiger partial charge in [-0.05, 0) is 61.5 Å². The quantitative estimate of drug-likeness (QED) is 0.415. The van der Waals surface area contributed by atoms with Crippen LogP contribution in [0.3, 0.4) is 0 Å². The maximum atomic E-state index is 13.6. The van der Waals surface area contributed by atoms with Gasteiger partial charge in [0.15, 0.2) is 0 Å². The van der Waals surface area contributed by atoms with E-state index in [0.717, 1.165) is 16.0 Å². The molecule has 7 heteroatoms. The monoisotopic (exact) mass is 437 g/mol. The standard InChI is InChI=1S/C21H24FNO2S3/c1-4-10-23(11-12-26-18-7-5-6-15(2)13-18)28(24,25)21-16(3)19-14-17(22)8-9-20(19)27-21/h5-9,13-14H,4,10-12H2,1-3H3. The Labute approximate surface area is 174 Å². The van der Waals surface area contributed by atoms with Crippen LogP contribution in [0.5, 0.6) is 0 Å². The van der Waals surface area contributed by atoms with Crippen molar-refractivity contribution in [3.8, 4) is 0 Å². The Kier molecular flexibility index (Phi) is 6.81. The van der Waals surface area contributed by atoms with E-state index in [1.165, 1.54) is 29.0 Å². The largest absolute Gasteiger partial charge is 0.252 e. The Morgan fingerprint density at radius 1 is 1.11 bits per heavy atom. The number of thioether (sulfide) groups is 1. The average Bonchev–Trinajstić information content (AvgIpc) is 2.98. The minimum atomic E-state index is -3.62. The number of fused-ring (bicyclic) bond motifs is 1. The highest BCUT2D eigenvalue weighted by molar-refractivity contribution is 7.99. The molecule has 0 N–H and O–H groups in total. The fraction of sp³-hybridized carbons (Fsp3) is 0.333. The molecule has 0 atom stereocenters. The maximum absolute atomic E-state index is 13.6. The molecule has 3 rings (SSSR count). The van der Waals surface area contributed by atoms with Crippen LogP contribution in [0.4, 0.5) is 4.39 Å². The summed E-state index contributed by atoms with van der Waals surface area (Å²) in [4.78, 5) is 1.14. The van der Waals surface area contributed by atoms with E-state index < -0.39 is 10.0 Å². The van der Waals surface area contributed by atoms with Crippen molar-refractivity contribution in [2.24, 2.45) is 0 Å². The molecule has 0 fully saturated rings. The lowest BCUT2D eigenvalue weighted by atomic mass is 10.2.